The lowest BCUT2D eigenvalue weighted by Gasteiger charge is -2.12. The van der Waals surface area contributed by atoms with Crippen LogP contribution in [-0.4, -0.2) is 31.7 Å². The van der Waals surface area contributed by atoms with Crippen molar-refractivity contribution in [1.29, 1.82) is 0 Å². The fourth-order valence-electron chi connectivity index (χ4n) is 3.45. The molecule has 3 aromatic heterocycles. The third-order valence-corrected chi connectivity index (χ3v) is 4.92. The first-order valence-electron chi connectivity index (χ1n) is 9.47. The summed E-state index contributed by atoms with van der Waals surface area (Å²) in [5.41, 5.74) is 2.40. The van der Waals surface area contributed by atoms with E-state index >= 15 is 0 Å². The quantitative estimate of drug-likeness (QED) is 0.448. The average Bonchev–Trinajstić information content (AvgIpc) is 3.28. The van der Waals surface area contributed by atoms with Crippen LogP contribution in [0.15, 0.2) is 84.0 Å². The van der Waals surface area contributed by atoms with Crippen LogP contribution in [0, 0.1) is 5.82 Å². The van der Waals surface area contributed by atoms with Crippen LogP contribution in [0.4, 0.5) is 4.39 Å². The molecule has 0 radical (unpaired) electrons. The second-order valence-electron chi connectivity index (χ2n) is 6.79. The first-order chi connectivity index (χ1) is 15.1. The van der Waals surface area contributed by atoms with Crippen LogP contribution in [0.1, 0.15) is 0 Å². The maximum absolute atomic E-state index is 13.9. The molecule has 0 fully saturated rings. The molecule has 0 atom stereocenters. The van der Waals surface area contributed by atoms with Crippen molar-refractivity contribution in [2.75, 3.05) is 7.11 Å². The molecule has 0 saturated carbocycles. The van der Waals surface area contributed by atoms with Gasteiger partial charge in [0.2, 0.25) is 5.43 Å². The van der Waals surface area contributed by atoms with Gasteiger partial charge in [-0.25, -0.2) is 13.8 Å². The van der Waals surface area contributed by atoms with Gasteiger partial charge >= 0.3 is 0 Å². The molecule has 0 unspecified atom stereocenters. The van der Waals surface area contributed by atoms with E-state index in [9.17, 15) is 9.18 Å². The second-order valence-corrected chi connectivity index (χ2v) is 6.79. The van der Waals surface area contributed by atoms with E-state index in [-0.39, 0.29) is 16.9 Å². The molecule has 0 aliphatic heterocycles. The number of ether oxygens (including phenoxy) is 1. The van der Waals surface area contributed by atoms with Crippen LogP contribution in [0.2, 0.25) is 0 Å². The van der Waals surface area contributed by atoms with Crippen molar-refractivity contribution in [3.63, 3.8) is 0 Å². The van der Waals surface area contributed by atoms with Gasteiger partial charge in [-0.3, -0.25) is 9.78 Å². The van der Waals surface area contributed by atoms with Crippen molar-refractivity contribution in [3.8, 4) is 28.5 Å². The van der Waals surface area contributed by atoms with Gasteiger partial charge in [-0.15, -0.1) is 0 Å². The van der Waals surface area contributed by atoms with E-state index in [1.165, 1.54) is 18.2 Å². The molecule has 0 N–H and O–H groups in total. The Hall–Kier alpha value is -4.33. The minimum Gasteiger partial charge on any atom is -0.497 e. The van der Waals surface area contributed by atoms with Gasteiger partial charge in [0.05, 0.1) is 35.9 Å². The molecule has 31 heavy (non-hydrogen) atoms. The van der Waals surface area contributed by atoms with Crippen LogP contribution in [0.25, 0.3) is 33.7 Å². The Morgan fingerprint density at radius 3 is 2.77 bits per heavy atom. The number of hydrogen-bond donors (Lipinski definition) is 0. The Balaban J connectivity index is 1.68. The average molecular weight is 413 g/mol. The first-order valence-corrected chi connectivity index (χ1v) is 9.47. The third kappa shape index (κ3) is 3.33. The lowest BCUT2D eigenvalue weighted by molar-refractivity contribution is 0.414. The Kier molecular flexibility index (Phi) is 4.51. The fourth-order valence-corrected chi connectivity index (χ4v) is 3.45. The Bertz CT molecular complexity index is 1470. The number of pyridine rings is 1. The van der Waals surface area contributed by atoms with Crippen molar-refractivity contribution in [2.24, 2.45) is 0 Å². The highest BCUT2D eigenvalue weighted by atomic mass is 19.1. The van der Waals surface area contributed by atoms with Crippen molar-refractivity contribution in [2.45, 2.75) is 0 Å². The SMILES string of the molecule is COc1cccc(-n2ccc(=O)c(-c3ccnn3-c3ccnc4ccc(F)cc34)n2)c1. The summed E-state index contributed by atoms with van der Waals surface area (Å²) in [6, 6.07) is 16.6. The number of fused-ring (bicyclic) bond motifs is 1. The lowest BCUT2D eigenvalue weighted by Crippen LogP contribution is -2.15. The maximum Gasteiger partial charge on any atom is 0.209 e. The van der Waals surface area contributed by atoms with Crippen LogP contribution in [-0.2, 0) is 0 Å². The molecule has 5 rings (SSSR count). The molecule has 0 spiro atoms. The molecule has 0 bridgehead atoms. The van der Waals surface area contributed by atoms with E-state index in [2.05, 4.69) is 15.2 Å². The number of hydrogen-bond acceptors (Lipinski definition) is 5. The zero-order chi connectivity index (χ0) is 21.4. The lowest BCUT2D eigenvalue weighted by atomic mass is 10.1. The largest absolute Gasteiger partial charge is 0.497 e. The van der Waals surface area contributed by atoms with E-state index in [0.29, 0.717) is 28.0 Å². The van der Waals surface area contributed by atoms with Gasteiger partial charge in [0.25, 0.3) is 0 Å². The first kappa shape index (κ1) is 18.7. The predicted octanol–water partition coefficient (Wildman–Crippen LogP) is 3.78. The van der Waals surface area contributed by atoms with Gasteiger partial charge in [-0.05, 0) is 42.5 Å². The van der Waals surface area contributed by atoms with Gasteiger partial charge in [0.15, 0.2) is 5.69 Å². The molecule has 0 saturated heterocycles. The van der Waals surface area contributed by atoms with Crippen molar-refractivity contribution >= 4 is 10.9 Å². The summed E-state index contributed by atoms with van der Waals surface area (Å²) in [5, 5.41) is 9.49. The molecular formula is C23H16FN5O2. The molecule has 5 aromatic rings. The number of aromatic nitrogens is 5. The predicted molar refractivity (Wildman–Crippen MR) is 114 cm³/mol. The number of rotatable bonds is 4. The minimum atomic E-state index is -0.381. The standard InChI is InChI=1S/C23H16FN5O2/c1-31-17-4-2-3-16(14-17)28-12-9-22(30)23(27-28)21-8-11-26-29(21)20-7-10-25-19-6-5-15(24)13-18(19)20/h2-14H,1H3. The van der Waals surface area contributed by atoms with Crippen LogP contribution in [0.3, 0.4) is 0 Å². The zero-order valence-corrected chi connectivity index (χ0v) is 16.4. The van der Waals surface area contributed by atoms with Crippen molar-refractivity contribution < 1.29 is 9.13 Å². The molecule has 7 nitrogen and oxygen atoms in total. The number of nitrogens with zero attached hydrogens (tertiary/aromatic N) is 5. The summed E-state index contributed by atoms with van der Waals surface area (Å²) >= 11 is 0. The normalized spacial score (nSPS) is 11.0. The van der Waals surface area contributed by atoms with Crippen LogP contribution in [0.5, 0.6) is 5.75 Å². The summed E-state index contributed by atoms with van der Waals surface area (Å²) < 4.78 is 22.4. The number of halogens is 1. The van der Waals surface area contributed by atoms with E-state index in [0.717, 1.165) is 5.69 Å². The summed E-state index contributed by atoms with van der Waals surface area (Å²) in [4.78, 5) is 17.0. The van der Waals surface area contributed by atoms with Crippen molar-refractivity contribution in [1.82, 2.24) is 24.5 Å². The van der Waals surface area contributed by atoms with Gasteiger partial charge in [0, 0.05) is 29.9 Å². The molecule has 0 aliphatic rings. The molecule has 0 amide bonds. The van der Waals surface area contributed by atoms with Gasteiger partial charge < -0.3 is 4.74 Å². The second kappa shape index (κ2) is 7.49. The highest BCUT2D eigenvalue weighted by Gasteiger charge is 2.16. The Morgan fingerprint density at radius 1 is 1.00 bits per heavy atom. The summed E-state index contributed by atoms with van der Waals surface area (Å²) in [7, 11) is 1.59. The topological polar surface area (TPSA) is 74.8 Å². The van der Waals surface area contributed by atoms with Gasteiger partial charge in [-0.1, -0.05) is 6.07 Å². The monoisotopic (exact) mass is 413 g/mol. The smallest absolute Gasteiger partial charge is 0.209 e. The van der Waals surface area contributed by atoms with E-state index < -0.39 is 0 Å². The highest BCUT2D eigenvalue weighted by Crippen LogP contribution is 2.25. The minimum absolute atomic E-state index is 0.212. The Labute approximate surface area is 176 Å². The number of benzene rings is 2. The maximum atomic E-state index is 13.9. The third-order valence-electron chi connectivity index (χ3n) is 4.92. The van der Waals surface area contributed by atoms with Crippen LogP contribution >= 0.6 is 0 Å². The summed E-state index contributed by atoms with van der Waals surface area (Å²) in [5.74, 6) is 0.295. The molecule has 0 aliphatic carbocycles. The van der Waals surface area contributed by atoms with E-state index in [4.69, 9.17) is 4.74 Å². The molecule has 2 aromatic carbocycles. The molecule has 152 valence electrons. The molecular weight excluding hydrogens is 397 g/mol. The highest BCUT2D eigenvalue weighted by molar-refractivity contribution is 5.87. The van der Waals surface area contributed by atoms with E-state index in [1.54, 1.807) is 53.3 Å². The van der Waals surface area contributed by atoms with Gasteiger partial charge in [-0.2, -0.15) is 10.2 Å². The number of methoxy groups -OCH3 is 1. The molecule has 8 heteroatoms. The summed E-state index contributed by atoms with van der Waals surface area (Å²) in [6.45, 7) is 0. The Morgan fingerprint density at radius 2 is 1.90 bits per heavy atom. The van der Waals surface area contributed by atoms with Gasteiger partial charge in [0.1, 0.15) is 11.6 Å². The van der Waals surface area contributed by atoms with Crippen molar-refractivity contribution in [3.05, 3.63) is 95.3 Å². The van der Waals surface area contributed by atoms with E-state index in [1.807, 2.05) is 24.3 Å². The molecule has 3 heterocycles. The summed E-state index contributed by atoms with van der Waals surface area (Å²) in [6.07, 6.45) is 4.79. The fraction of sp³-hybridized carbons (Fsp3) is 0.0435. The van der Waals surface area contributed by atoms with Crippen LogP contribution < -0.4 is 10.2 Å². The zero-order valence-electron chi connectivity index (χ0n) is 16.4.